The van der Waals surface area contributed by atoms with Crippen molar-refractivity contribution in [2.75, 3.05) is 50.9 Å². The Balaban J connectivity index is 1.43. The quantitative estimate of drug-likeness (QED) is 0.816. The van der Waals surface area contributed by atoms with E-state index >= 15 is 0 Å². The average molecular weight is 347 g/mol. The fourth-order valence-corrected chi connectivity index (χ4v) is 3.46. The topological polar surface area (TPSA) is 54.9 Å². The number of aromatic nitrogens is 1. The van der Waals surface area contributed by atoms with Crippen molar-refractivity contribution in [1.29, 1.82) is 0 Å². The second-order valence-corrected chi connectivity index (χ2v) is 6.88. The van der Waals surface area contributed by atoms with Crippen LogP contribution in [0.4, 0.5) is 5.69 Å². The molecular formula is C19H29N3O3. The summed E-state index contributed by atoms with van der Waals surface area (Å²) in [5.74, 6) is 0.0866. The summed E-state index contributed by atoms with van der Waals surface area (Å²) < 4.78 is 11.3. The highest BCUT2D eigenvalue weighted by molar-refractivity contribution is 5.77. The maximum atomic E-state index is 12.4. The van der Waals surface area contributed by atoms with Gasteiger partial charge in [-0.1, -0.05) is 0 Å². The number of hydrogen-bond donors (Lipinski definition) is 0. The molecule has 138 valence electrons. The van der Waals surface area contributed by atoms with Crippen LogP contribution in [0.15, 0.2) is 18.3 Å². The first-order valence-corrected chi connectivity index (χ1v) is 9.37. The minimum Gasteiger partial charge on any atom is -0.376 e. The Bertz CT molecular complexity index is 561. The standard InChI is InChI=1S/C19H29N3O3/c1-16-13-17(6-7-20-16)21-8-4-9-22(11-10-21)19(23)15-24-14-18-5-2-3-12-25-18/h6-7,13,18H,2-5,8-12,14-15H2,1H3/t18-/m1/s1. The molecule has 2 fully saturated rings. The number of pyridine rings is 1. The van der Waals surface area contributed by atoms with E-state index in [0.717, 1.165) is 57.7 Å². The Morgan fingerprint density at radius 3 is 3.00 bits per heavy atom. The first-order chi connectivity index (χ1) is 12.2. The molecule has 2 aliphatic heterocycles. The minimum absolute atomic E-state index is 0.0866. The Kier molecular flexibility index (Phi) is 6.64. The van der Waals surface area contributed by atoms with Crippen molar-refractivity contribution < 1.29 is 14.3 Å². The molecule has 0 spiro atoms. The number of nitrogens with zero attached hydrogens (tertiary/aromatic N) is 3. The first-order valence-electron chi connectivity index (χ1n) is 9.37. The molecule has 0 radical (unpaired) electrons. The van der Waals surface area contributed by atoms with Crippen LogP contribution in [0.2, 0.25) is 0 Å². The maximum Gasteiger partial charge on any atom is 0.248 e. The molecule has 2 aliphatic rings. The van der Waals surface area contributed by atoms with Gasteiger partial charge in [0.1, 0.15) is 6.61 Å². The van der Waals surface area contributed by atoms with Crippen LogP contribution in [0.1, 0.15) is 31.4 Å². The number of aryl methyl sites for hydroxylation is 1. The van der Waals surface area contributed by atoms with Crippen LogP contribution in [0.3, 0.4) is 0 Å². The molecule has 0 unspecified atom stereocenters. The van der Waals surface area contributed by atoms with E-state index < -0.39 is 0 Å². The van der Waals surface area contributed by atoms with Gasteiger partial charge in [0.2, 0.25) is 5.91 Å². The summed E-state index contributed by atoms with van der Waals surface area (Å²) in [5, 5.41) is 0. The molecule has 1 amide bonds. The molecule has 0 bridgehead atoms. The predicted octanol–water partition coefficient (Wildman–Crippen LogP) is 2.01. The summed E-state index contributed by atoms with van der Waals surface area (Å²) in [4.78, 5) is 20.9. The Morgan fingerprint density at radius 2 is 2.20 bits per heavy atom. The second kappa shape index (κ2) is 9.15. The van der Waals surface area contributed by atoms with Gasteiger partial charge < -0.3 is 19.3 Å². The zero-order valence-electron chi connectivity index (χ0n) is 15.2. The lowest BCUT2D eigenvalue weighted by atomic mass is 10.1. The molecule has 2 saturated heterocycles. The summed E-state index contributed by atoms with van der Waals surface area (Å²) in [6, 6.07) is 4.14. The highest BCUT2D eigenvalue weighted by atomic mass is 16.5. The Hall–Kier alpha value is -1.66. The van der Waals surface area contributed by atoms with Crippen molar-refractivity contribution in [2.24, 2.45) is 0 Å². The number of carbonyl (C=O) groups excluding carboxylic acids is 1. The van der Waals surface area contributed by atoms with Gasteiger partial charge >= 0.3 is 0 Å². The largest absolute Gasteiger partial charge is 0.376 e. The third-order valence-corrected chi connectivity index (χ3v) is 4.90. The predicted molar refractivity (Wildman–Crippen MR) is 96.8 cm³/mol. The summed E-state index contributed by atoms with van der Waals surface area (Å²) in [6.07, 6.45) is 6.35. The molecule has 3 rings (SSSR count). The fraction of sp³-hybridized carbons (Fsp3) is 0.684. The maximum absolute atomic E-state index is 12.4. The zero-order chi connectivity index (χ0) is 17.5. The highest BCUT2D eigenvalue weighted by Crippen LogP contribution is 2.17. The van der Waals surface area contributed by atoms with Gasteiger partial charge in [0.15, 0.2) is 0 Å². The van der Waals surface area contributed by atoms with Gasteiger partial charge in [-0.25, -0.2) is 0 Å². The molecule has 0 N–H and O–H groups in total. The number of carbonyl (C=O) groups is 1. The van der Waals surface area contributed by atoms with Crippen LogP contribution in [0, 0.1) is 6.92 Å². The van der Waals surface area contributed by atoms with Gasteiger partial charge in [-0.2, -0.15) is 0 Å². The molecule has 1 aromatic heterocycles. The van der Waals surface area contributed by atoms with Crippen molar-refractivity contribution in [1.82, 2.24) is 9.88 Å². The Morgan fingerprint density at radius 1 is 1.28 bits per heavy atom. The monoisotopic (exact) mass is 347 g/mol. The molecule has 25 heavy (non-hydrogen) atoms. The second-order valence-electron chi connectivity index (χ2n) is 6.88. The normalized spacial score (nSPS) is 21.9. The third-order valence-electron chi connectivity index (χ3n) is 4.90. The smallest absolute Gasteiger partial charge is 0.248 e. The van der Waals surface area contributed by atoms with Gasteiger partial charge in [-0.05, 0) is 44.7 Å². The lowest BCUT2D eigenvalue weighted by Gasteiger charge is -2.25. The van der Waals surface area contributed by atoms with Crippen molar-refractivity contribution in [2.45, 2.75) is 38.7 Å². The van der Waals surface area contributed by atoms with E-state index in [0.29, 0.717) is 6.61 Å². The van der Waals surface area contributed by atoms with E-state index in [2.05, 4.69) is 16.0 Å². The number of rotatable bonds is 5. The number of amides is 1. The fourth-order valence-electron chi connectivity index (χ4n) is 3.46. The van der Waals surface area contributed by atoms with Crippen LogP contribution < -0.4 is 4.90 Å². The summed E-state index contributed by atoms with van der Waals surface area (Å²) in [5.41, 5.74) is 2.21. The summed E-state index contributed by atoms with van der Waals surface area (Å²) in [7, 11) is 0. The molecule has 0 aromatic carbocycles. The molecule has 0 saturated carbocycles. The van der Waals surface area contributed by atoms with Gasteiger partial charge in [0.25, 0.3) is 0 Å². The van der Waals surface area contributed by atoms with Crippen LogP contribution in [0.25, 0.3) is 0 Å². The minimum atomic E-state index is 0.0866. The summed E-state index contributed by atoms with van der Waals surface area (Å²) >= 11 is 0. The lowest BCUT2D eigenvalue weighted by molar-refractivity contribution is -0.138. The first kappa shape index (κ1) is 18.1. The van der Waals surface area contributed by atoms with Gasteiger partial charge in [0.05, 0.1) is 12.7 Å². The molecule has 3 heterocycles. The van der Waals surface area contributed by atoms with Crippen molar-refractivity contribution in [3.8, 4) is 0 Å². The van der Waals surface area contributed by atoms with Crippen LogP contribution in [-0.2, 0) is 14.3 Å². The van der Waals surface area contributed by atoms with Crippen molar-refractivity contribution >= 4 is 11.6 Å². The lowest BCUT2D eigenvalue weighted by Crippen LogP contribution is -2.38. The molecule has 1 aromatic rings. The number of ether oxygens (including phenoxy) is 2. The molecule has 6 nitrogen and oxygen atoms in total. The van der Waals surface area contributed by atoms with Gasteiger partial charge in [-0.3, -0.25) is 9.78 Å². The van der Waals surface area contributed by atoms with Crippen molar-refractivity contribution in [3.05, 3.63) is 24.0 Å². The van der Waals surface area contributed by atoms with Gasteiger partial charge in [0, 0.05) is 50.4 Å². The highest BCUT2D eigenvalue weighted by Gasteiger charge is 2.20. The van der Waals surface area contributed by atoms with Gasteiger partial charge in [-0.15, -0.1) is 0 Å². The zero-order valence-corrected chi connectivity index (χ0v) is 15.2. The third kappa shape index (κ3) is 5.41. The van der Waals surface area contributed by atoms with E-state index in [1.807, 2.05) is 24.1 Å². The number of anilines is 1. The van der Waals surface area contributed by atoms with E-state index in [9.17, 15) is 4.79 Å². The molecular weight excluding hydrogens is 318 g/mol. The molecule has 1 atom stereocenters. The van der Waals surface area contributed by atoms with Crippen LogP contribution in [0.5, 0.6) is 0 Å². The van der Waals surface area contributed by atoms with Crippen LogP contribution >= 0.6 is 0 Å². The molecule has 6 heteroatoms. The summed E-state index contributed by atoms with van der Waals surface area (Å²) in [6.45, 7) is 6.86. The molecule has 0 aliphatic carbocycles. The van der Waals surface area contributed by atoms with E-state index in [1.165, 1.54) is 12.1 Å². The Labute approximate surface area is 150 Å². The van der Waals surface area contributed by atoms with E-state index in [-0.39, 0.29) is 18.6 Å². The average Bonchev–Trinajstić information content (AvgIpc) is 2.89. The van der Waals surface area contributed by atoms with Crippen molar-refractivity contribution in [3.63, 3.8) is 0 Å². The van der Waals surface area contributed by atoms with E-state index in [1.54, 1.807) is 0 Å². The number of hydrogen-bond acceptors (Lipinski definition) is 5. The van der Waals surface area contributed by atoms with E-state index in [4.69, 9.17) is 9.47 Å². The van der Waals surface area contributed by atoms with Crippen LogP contribution in [-0.4, -0.2) is 67.9 Å². The SMILES string of the molecule is Cc1cc(N2CCCN(C(=O)COC[C@H]3CCCCO3)CC2)ccn1.